The second-order valence-corrected chi connectivity index (χ2v) is 14.1. The van der Waals surface area contributed by atoms with Crippen LogP contribution >= 0.6 is 23.2 Å². The molecule has 51 heavy (non-hydrogen) atoms. The van der Waals surface area contributed by atoms with E-state index in [0.717, 1.165) is 9.91 Å². The van der Waals surface area contributed by atoms with Crippen molar-refractivity contribution >= 4 is 58.5 Å². The molecule has 7 rings (SSSR count). The maximum Gasteiger partial charge on any atom is 0.303 e. The van der Waals surface area contributed by atoms with Crippen LogP contribution in [0.1, 0.15) is 42.7 Å². The molecule has 1 saturated carbocycles. The van der Waals surface area contributed by atoms with Crippen LogP contribution in [0.3, 0.4) is 0 Å². The number of aliphatic carboxylic acids is 1. The van der Waals surface area contributed by atoms with Crippen LogP contribution in [0.2, 0.25) is 10.0 Å². The summed E-state index contributed by atoms with van der Waals surface area (Å²) in [6.45, 7) is -0.0574. The van der Waals surface area contributed by atoms with E-state index >= 15 is 4.79 Å². The molecule has 2 saturated heterocycles. The number of phenols is 1. The fourth-order valence-corrected chi connectivity index (χ4v) is 8.97. The standard InChI is InChI=1S/C37H32Cl2FN3O8/c1-51-28-16-18(15-27(39)32(28)46)31-23-12-13-24-30(35(49)42(33(24)47)14-2-3-29(44)45)25(23)17-26-34(48)43(41-22-10-8-21(40)9-11-22)36(50)37(26,31)19-4-6-20(38)7-5-19/h4-12,15-16,24-26,30-31,41,46H,2-3,13-14,17H2,1H3,(H,44,45). The molecule has 6 atom stereocenters. The molecule has 0 aromatic heterocycles. The number of hydrogen-bond acceptors (Lipinski definition) is 8. The lowest BCUT2D eigenvalue weighted by Gasteiger charge is -2.50. The van der Waals surface area contributed by atoms with E-state index in [1.165, 1.54) is 37.4 Å². The summed E-state index contributed by atoms with van der Waals surface area (Å²) in [4.78, 5) is 69.9. The number of anilines is 1. The van der Waals surface area contributed by atoms with Crippen LogP contribution in [0, 0.1) is 29.5 Å². The predicted octanol–water partition coefficient (Wildman–Crippen LogP) is 5.70. The highest BCUT2D eigenvalue weighted by molar-refractivity contribution is 6.32. The van der Waals surface area contributed by atoms with E-state index in [4.69, 9.17) is 33.0 Å². The number of aromatic hydroxyl groups is 1. The van der Waals surface area contributed by atoms with E-state index in [9.17, 15) is 28.7 Å². The van der Waals surface area contributed by atoms with Gasteiger partial charge >= 0.3 is 5.97 Å². The molecule has 4 amide bonds. The smallest absolute Gasteiger partial charge is 0.303 e. The van der Waals surface area contributed by atoms with Crippen molar-refractivity contribution in [3.8, 4) is 11.5 Å². The average Bonchev–Trinajstić information content (AvgIpc) is 3.47. The molecule has 4 aliphatic rings. The minimum absolute atomic E-state index is 0.0171. The van der Waals surface area contributed by atoms with E-state index in [0.29, 0.717) is 21.7 Å². The summed E-state index contributed by atoms with van der Waals surface area (Å²) in [6, 6.07) is 14.8. The first-order valence-corrected chi connectivity index (χ1v) is 17.1. The molecule has 2 heterocycles. The van der Waals surface area contributed by atoms with Gasteiger partial charge in [0, 0.05) is 23.9 Å². The molecular formula is C37H32Cl2FN3O8. The van der Waals surface area contributed by atoms with E-state index in [2.05, 4.69) is 5.43 Å². The third kappa shape index (κ3) is 5.43. The summed E-state index contributed by atoms with van der Waals surface area (Å²) in [5.41, 5.74) is 3.03. The number of nitrogens with zero attached hydrogens (tertiary/aromatic N) is 2. The molecule has 2 aliphatic heterocycles. The molecule has 3 N–H and O–H groups in total. The Morgan fingerprint density at radius 1 is 1.00 bits per heavy atom. The second-order valence-electron chi connectivity index (χ2n) is 13.3. The molecule has 3 aromatic rings. The zero-order chi connectivity index (χ0) is 36.4. The number of allylic oxidation sites excluding steroid dienone is 2. The summed E-state index contributed by atoms with van der Waals surface area (Å²) in [6.07, 6.45) is 1.91. The number of carbonyl (C=O) groups excluding carboxylic acids is 4. The Morgan fingerprint density at radius 3 is 2.37 bits per heavy atom. The number of carboxylic acids is 1. The van der Waals surface area contributed by atoms with Gasteiger partial charge in [0.25, 0.3) is 11.8 Å². The zero-order valence-electron chi connectivity index (χ0n) is 27.1. The topological polar surface area (TPSA) is 154 Å². The number of fused-ring (bicyclic) bond motifs is 4. The number of phenolic OH excluding ortho intramolecular Hbond substituents is 1. The number of hydrogen-bond donors (Lipinski definition) is 3. The Bertz CT molecular complexity index is 2010. The molecule has 6 unspecified atom stereocenters. The largest absolute Gasteiger partial charge is 0.503 e. The van der Waals surface area contributed by atoms with E-state index in [1.807, 2.05) is 6.08 Å². The third-order valence-corrected chi connectivity index (χ3v) is 11.3. The maximum absolute atomic E-state index is 15.2. The van der Waals surface area contributed by atoms with Gasteiger partial charge in [-0.2, -0.15) is 5.01 Å². The Morgan fingerprint density at radius 2 is 1.71 bits per heavy atom. The fourth-order valence-electron chi connectivity index (χ4n) is 8.62. The van der Waals surface area contributed by atoms with Gasteiger partial charge in [-0.05, 0) is 84.8 Å². The summed E-state index contributed by atoms with van der Waals surface area (Å²) in [7, 11) is 1.35. The number of carboxylic acid groups (broad SMARTS) is 1. The minimum atomic E-state index is -1.65. The Kier molecular flexibility index (Phi) is 8.79. The van der Waals surface area contributed by atoms with Crippen LogP contribution in [-0.2, 0) is 29.4 Å². The second kappa shape index (κ2) is 13.0. The van der Waals surface area contributed by atoms with Gasteiger partial charge in [-0.25, -0.2) is 4.39 Å². The first-order valence-electron chi connectivity index (χ1n) is 16.4. The van der Waals surface area contributed by atoms with Gasteiger partial charge in [0.1, 0.15) is 5.82 Å². The van der Waals surface area contributed by atoms with Gasteiger partial charge < -0.3 is 14.9 Å². The normalized spacial score (nSPS) is 26.8. The van der Waals surface area contributed by atoms with E-state index in [-0.39, 0.29) is 54.4 Å². The lowest BCUT2D eigenvalue weighted by atomic mass is 9.49. The van der Waals surface area contributed by atoms with Crippen molar-refractivity contribution in [2.24, 2.45) is 23.7 Å². The quantitative estimate of drug-likeness (QED) is 0.186. The van der Waals surface area contributed by atoms with Crippen LogP contribution in [-0.4, -0.2) is 63.4 Å². The lowest BCUT2D eigenvalue weighted by Crippen LogP contribution is -2.53. The minimum Gasteiger partial charge on any atom is -0.503 e. The number of imide groups is 2. The van der Waals surface area contributed by atoms with Gasteiger partial charge in [-0.15, -0.1) is 0 Å². The molecule has 3 aromatic carbocycles. The summed E-state index contributed by atoms with van der Waals surface area (Å²) in [5, 5.41) is 21.1. The summed E-state index contributed by atoms with van der Waals surface area (Å²) in [5.74, 6) is -8.29. The van der Waals surface area contributed by atoms with Gasteiger partial charge in [0.15, 0.2) is 11.5 Å². The van der Waals surface area contributed by atoms with E-state index < -0.39 is 70.4 Å². The molecule has 2 aliphatic carbocycles. The molecule has 3 fully saturated rings. The van der Waals surface area contributed by atoms with Gasteiger partial charge in [-0.1, -0.05) is 47.0 Å². The van der Waals surface area contributed by atoms with E-state index in [1.54, 1.807) is 30.3 Å². The van der Waals surface area contributed by atoms with Crippen molar-refractivity contribution < 1.29 is 43.3 Å². The maximum atomic E-state index is 15.2. The van der Waals surface area contributed by atoms with Crippen LogP contribution in [0.4, 0.5) is 10.1 Å². The molecule has 11 nitrogen and oxygen atoms in total. The highest BCUT2D eigenvalue weighted by Crippen LogP contribution is 2.64. The van der Waals surface area contributed by atoms with Gasteiger partial charge in [0.05, 0.1) is 41.0 Å². The zero-order valence-corrected chi connectivity index (χ0v) is 28.7. The van der Waals surface area contributed by atoms with Crippen LogP contribution < -0.4 is 10.2 Å². The van der Waals surface area contributed by atoms with Gasteiger partial charge in [-0.3, -0.25) is 34.3 Å². The monoisotopic (exact) mass is 735 g/mol. The highest BCUT2D eigenvalue weighted by atomic mass is 35.5. The molecule has 264 valence electrons. The van der Waals surface area contributed by atoms with Crippen molar-refractivity contribution in [2.75, 3.05) is 19.1 Å². The number of carbonyl (C=O) groups is 5. The number of hydrazine groups is 1. The SMILES string of the molecule is COc1cc(C2C3=CCC4C(=O)N(CCCC(=O)O)C(=O)C4C3CC3C(=O)N(Nc4ccc(F)cc4)C(=O)C32c2ccc(Cl)cc2)cc(Cl)c1O. The van der Waals surface area contributed by atoms with Crippen LogP contribution in [0.5, 0.6) is 11.5 Å². The number of benzene rings is 3. The number of nitrogens with one attached hydrogen (secondary N) is 1. The number of amides is 4. The Balaban J connectivity index is 1.43. The molecular weight excluding hydrogens is 704 g/mol. The van der Waals surface area contributed by atoms with Crippen molar-refractivity contribution in [3.63, 3.8) is 0 Å². The first-order chi connectivity index (χ1) is 24.4. The van der Waals surface area contributed by atoms with Crippen molar-refractivity contribution in [3.05, 3.63) is 99.3 Å². The Labute approximate surface area is 301 Å². The summed E-state index contributed by atoms with van der Waals surface area (Å²) < 4.78 is 19.3. The summed E-state index contributed by atoms with van der Waals surface area (Å²) >= 11 is 12.9. The molecule has 0 spiro atoms. The number of likely N-dealkylation sites (tertiary alicyclic amines) is 1. The Hall–Kier alpha value is -4.94. The van der Waals surface area contributed by atoms with Crippen molar-refractivity contribution in [2.45, 2.75) is 37.0 Å². The average molecular weight is 737 g/mol. The molecule has 0 bridgehead atoms. The number of ether oxygens (including phenoxy) is 1. The molecule has 0 radical (unpaired) electrons. The number of halogens is 3. The lowest BCUT2D eigenvalue weighted by molar-refractivity contribution is -0.142. The van der Waals surface area contributed by atoms with Crippen molar-refractivity contribution in [1.29, 1.82) is 0 Å². The first kappa shape index (κ1) is 34.5. The fraction of sp³-hybridized carbons (Fsp3) is 0.324. The highest BCUT2D eigenvalue weighted by Gasteiger charge is 2.70. The number of rotatable bonds is 9. The molecule has 14 heteroatoms. The van der Waals surface area contributed by atoms with Crippen LogP contribution in [0.15, 0.2) is 72.3 Å². The van der Waals surface area contributed by atoms with Gasteiger partial charge in [0.2, 0.25) is 11.8 Å². The predicted molar refractivity (Wildman–Crippen MR) is 182 cm³/mol. The van der Waals surface area contributed by atoms with Crippen LogP contribution in [0.25, 0.3) is 0 Å². The number of methoxy groups -OCH3 is 1. The van der Waals surface area contributed by atoms with Crippen molar-refractivity contribution in [1.82, 2.24) is 9.91 Å². The third-order valence-electron chi connectivity index (χ3n) is 10.7.